The number of benzene rings is 2. The highest BCUT2D eigenvalue weighted by molar-refractivity contribution is 7.13. The molecule has 1 unspecified atom stereocenters. The number of rotatable bonds is 5. The minimum Gasteiger partial charge on any atom is -0.492 e. The summed E-state index contributed by atoms with van der Waals surface area (Å²) in [6, 6.07) is 16.3. The summed E-state index contributed by atoms with van der Waals surface area (Å²) >= 11 is 1.64. The van der Waals surface area contributed by atoms with Gasteiger partial charge in [0.05, 0.1) is 11.6 Å². The van der Waals surface area contributed by atoms with Gasteiger partial charge in [0.1, 0.15) is 17.4 Å². The first-order valence-corrected chi connectivity index (χ1v) is 10.1. The molecule has 138 valence electrons. The number of carbonyl (C=O) groups is 1. The molecule has 3 aromatic rings. The summed E-state index contributed by atoms with van der Waals surface area (Å²) in [5.74, 6) is 0.824. The van der Waals surface area contributed by atoms with Gasteiger partial charge in [0.25, 0.3) is 0 Å². The Labute approximate surface area is 163 Å². The minimum absolute atomic E-state index is 0.0542. The monoisotopic (exact) mass is 378 g/mol. The predicted molar refractivity (Wildman–Crippen MR) is 108 cm³/mol. The predicted octanol–water partition coefficient (Wildman–Crippen LogP) is 4.03. The molecule has 2 aromatic carbocycles. The zero-order valence-corrected chi connectivity index (χ0v) is 16.1. The Bertz CT molecular complexity index is 933. The number of hydrogen-bond acceptors (Lipinski definition) is 4. The van der Waals surface area contributed by atoms with Crippen LogP contribution < -0.4 is 10.1 Å². The molecule has 0 bridgehead atoms. The summed E-state index contributed by atoms with van der Waals surface area (Å²) in [4.78, 5) is 17.1. The number of thiazole rings is 1. The van der Waals surface area contributed by atoms with E-state index in [2.05, 4.69) is 41.9 Å². The summed E-state index contributed by atoms with van der Waals surface area (Å²) in [7, 11) is 0. The first kappa shape index (κ1) is 17.7. The number of nitrogens with one attached hydrogen (secondary N) is 1. The third-order valence-electron chi connectivity index (χ3n) is 4.78. The molecule has 1 aromatic heterocycles. The van der Waals surface area contributed by atoms with Gasteiger partial charge in [-0.3, -0.25) is 4.79 Å². The van der Waals surface area contributed by atoms with Crippen LogP contribution in [0.1, 0.15) is 16.8 Å². The van der Waals surface area contributed by atoms with E-state index in [0.29, 0.717) is 13.2 Å². The second kappa shape index (κ2) is 7.92. The molecule has 0 saturated heterocycles. The highest BCUT2D eigenvalue weighted by atomic mass is 32.1. The molecule has 1 amide bonds. The lowest BCUT2D eigenvalue weighted by Crippen LogP contribution is -2.38. The molecule has 0 saturated carbocycles. The van der Waals surface area contributed by atoms with Crippen molar-refractivity contribution in [1.82, 2.24) is 10.3 Å². The number of carbonyl (C=O) groups excluding carboxylic acids is 1. The molecule has 2 heterocycles. The molecule has 1 atom stereocenters. The van der Waals surface area contributed by atoms with Crippen molar-refractivity contribution in [2.24, 2.45) is 5.92 Å². The molecule has 1 aliphatic rings. The van der Waals surface area contributed by atoms with Crippen LogP contribution in [0, 0.1) is 12.8 Å². The second-order valence-corrected chi connectivity index (χ2v) is 7.73. The summed E-state index contributed by atoms with van der Waals surface area (Å²) in [6.07, 6.45) is 1.47. The fourth-order valence-electron chi connectivity index (χ4n) is 3.21. The second-order valence-electron chi connectivity index (χ2n) is 6.87. The highest BCUT2D eigenvalue weighted by Crippen LogP contribution is 2.27. The number of fused-ring (bicyclic) bond motifs is 1. The Morgan fingerprint density at radius 3 is 2.89 bits per heavy atom. The average molecular weight is 378 g/mol. The van der Waals surface area contributed by atoms with E-state index in [9.17, 15) is 4.79 Å². The molecule has 0 aliphatic carbocycles. The maximum atomic E-state index is 12.4. The third-order valence-corrected chi connectivity index (χ3v) is 5.72. The number of aromatic nitrogens is 1. The minimum atomic E-state index is -0.126. The molecule has 0 radical (unpaired) electrons. The van der Waals surface area contributed by atoms with E-state index in [-0.39, 0.29) is 11.8 Å². The van der Waals surface area contributed by atoms with Gasteiger partial charge >= 0.3 is 0 Å². The largest absolute Gasteiger partial charge is 0.492 e. The highest BCUT2D eigenvalue weighted by Gasteiger charge is 2.25. The molecule has 1 N–H and O–H groups in total. The fourth-order valence-corrected chi connectivity index (χ4v) is 4.07. The van der Waals surface area contributed by atoms with E-state index in [4.69, 9.17) is 9.72 Å². The molecular formula is C22H22N2O2S. The van der Waals surface area contributed by atoms with Gasteiger partial charge in [-0.25, -0.2) is 4.98 Å². The molecular weight excluding hydrogens is 356 g/mol. The number of para-hydroxylation sites is 1. The Balaban J connectivity index is 1.29. The molecule has 4 nitrogen and oxygen atoms in total. The van der Waals surface area contributed by atoms with Crippen LogP contribution in [0.15, 0.2) is 53.9 Å². The quantitative estimate of drug-likeness (QED) is 0.729. The van der Waals surface area contributed by atoms with Gasteiger partial charge in [0.15, 0.2) is 0 Å². The summed E-state index contributed by atoms with van der Waals surface area (Å²) in [5.41, 5.74) is 4.50. The van der Waals surface area contributed by atoms with Crippen LogP contribution in [0.2, 0.25) is 0 Å². The topological polar surface area (TPSA) is 51.2 Å². The fraction of sp³-hybridized carbons (Fsp3) is 0.273. The first-order chi connectivity index (χ1) is 13.2. The van der Waals surface area contributed by atoms with Crippen LogP contribution in [0.5, 0.6) is 5.75 Å². The standard InChI is InChI=1S/C22H22N2O2S/c1-15-6-8-16(9-7-15)22-24-19(14-27-22)10-11-23-21(25)18-12-17-4-2-3-5-20(17)26-13-18/h2-9,14,18H,10-13H2,1H3,(H,23,25). The van der Waals surface area contributed by atoms with Gasteiger partial charge in [-0.2, -0.15) is 0 Å². The molecule has 5 heteroatoms. The van der Waals surface area contributed by atoms with E-state index in [1.54, 1.807) is 11.3 Å². The van der Waals surface area contributed by atoms with Crippen LogP contribution in [0.4, 0.5) is 0 Å². The van der Waals surface area contributed by atoms with Crippen molar-refractivity contribution in [3.05, 3.63) is 70.7 Å². The molecule has 0 spiro atoms. The normalized spacial score (nSPS) is 15.7. The number of ether oxygens (including phenoxy) is 1. The van der Waals surface area contributed by atoms with Crippen LogP contribution >= 0.6 is 11.3 Å². The lowest BCUT2D eigenvalue weighted by molar-refractivity contribution is -0.126. The van der Waals surface area contributed by atoms with E-state index >= 15 is 0 Å². The van der Waals surface area contributed by atoms with Crippen molar-refractivity contribution < 1.29 is 9.53 Å². The van der Waals surface area contributed by atoms with E-state index in [1.807, 2.05) is 24.3 Å². The molecule has 4 rings (SSSR count). The SMILES string of the molecule is Cc1ccc(-c2nc(CCNC(=O)C3COc4ccccc4C3)cs2)cc1. The van der Waals surface area contributed by atoms with Crippen molar-refractivity contribution in [2.75, 3.05) is 13.2 Å². The van der Waals surface area contributed by atoms with Crippen molar-refractivity contribution in [1.29, 1.82) is 0 Å². The Morgan fingerprint density at radius 2 is 2.04 bits per heavy atom. The van der Waals surface area contributed by atoms with E-state index in [0.717, 1.165) is 40.4 Å². The number of hydrogen-bond donors (Lipinski definition) is 1. The maximum absolute atomic E-state index is 12.4. The van der Waals surface area contributed by atoms with E-state index in [1.165, 1.54) is 5.56 Å². The number of aryl methyl sites for hydroxylation is 1. The summed E-state index contributed by atoms with van der Waals surface area (Å²) in [5, 5.41) is 6.13. The lowest BCUT2D eigenvalue weighted by atomic mass is 9.96. The van der Waals surface area contributed by atoms with Gasteiger partial charge < -0.3 is 10.1 Å². The van der Waals surface area contributed by atoms with Gasteiger partial charge in [0.2, 0.25) is 5.91 Å². The summed E-state index contributed by atoms with van der Waals surface area (Å²) < 4.78 is 5.71. The van der Waals surface area contributed by atoms with Crippen molar-refractivity contribution in [3.63, 3.8) is 0 Å². The maximum Gasteiger partial charge on any atom is 0.226 e. The number of amides is 1. The van der Waals surface area contributed by atoms with Crippen LogP contribution in [0.3, 0.4) is 0 Å². The smallest absolute Gasteiger partial charge is 0.226 e. The zero-order valence-electron chi connectivity index (χ0n) is 15.3. The van der Waals surface area contributed by atoms with Gasteiger partial charge in [-0.05, 0) is 25.0 Å². The third kappa shape index (κ3) is 4.19. The van der Waals surface area contributed by atoms with Crippen LogP contribution in [-0.4, -0.2) is 24.0 Å². The molecule has 1 aliphatic heterocycles. The average Bonchev–Trinajstić information content (AvgIpc) is 3.17. The summed E-state index contributed by atoms with van der Waals surface area (Å²) in [6.45, 7) is 3.11. The zero-order chi connectivity index (χ0) is 18.6. The molecule has 0 fully saturated rings. The lowest BCUT2D eigenvalue weighted by Gasteiger charge is -2.24. The van der Waals surface area contributed by atoms with Gasteiger partial charge in [-0.15, -0.1) is 11.3 Å². The molecule has 27 heavy (non-hydrogen) atoms. The van der Waals surface area contributed by atoms with Gasteiger partial charge in [-0.1, -0.05) is 48.0 Å². The van der Waals surface area contributed by atoms with Crippen LogP contribution in [0.25, 0.3) is 10.6 Å². The van der Waals surface area contributed by atoms with Crippen molar-refractivity contribution in [2.45, 2.75) is 19.8 Å². The number of nitrogens with zero attached hydrogens (tertiary/aromatic N) is 1. The van der Waals surface area contributed by atoms with Crippen molar-refractivity contribution in [3.8, 4) is 16.3 Å². The Kier molecular flexibility index (Phi) is 5.21. The Hall–Kier alpha value is -2.66. The van der Waals surface area contributed by atoms with Gasteiger partial charge in [0, 0.05) is 23.9 Å². The van der Waals surface area contributed by atoms with E-state index < -0.39 is 0 Å². The van der Waals surface area contributed by atoms with Crippen molar-refractivity contribution >= 4 is 17.2 Å². The Morgan fingerprint density at radius 1 is 1.22 bits per heavy atom. The van der Waals surface area contributed by atoms with Crippen LogP contribution in [-0.2, 0) is 17.6 Å². The first-order valence-electron chi connectivity index (χ1n) is 9.19.